The maximum atomic E-state index is 8.53. The Morgan fingerprint density at radius 2 is 2.12 bits per heavy atom. The first-order valence-corrected chi connectivity index (χ1v) is 5.35. The van der Waals surface area contributed by atoms with Crippen LogP contribution >= 0.6 is 0 Å². The highest BCUT2D eigenvalue weighted by Gasteiger charge is 1.99. The fourth-order valence-electron chi connectivity index (χ4n) is 1.39. The average molecular weight is 225 g/mol. The van der Waals surface area contributed by atoms with Crippen molar-refractivity contribution < 1.29 is 14.6 Å². The van der Waals surface area contributed by atoms with E-state index in [1.807, 2.05) is 25.1 Å². The molecule has 0 heterocycles. The fraction of sp³-hybridized carbons (Fsp3) is 0.500. The number of nitrogens with one attached hydrogen (secondary N) is 1. The Hall–Kier alpha value is -1.26. The van der Waals surface area contributed by atoms with E-state index in [-0.39, 0.29) is 6.61 Å². The summed E-state index contributed by atoms with van der Waals surface area (Å²) in [5, 5.41) is 11.8. The smallest absolute Gasteiger partial charge is 0.119 e. The van der Waals surface area contributed by atoms with E-state index >= 15 is 0 Å². The molecule has 1 aromatic rings. The number of aryl methyl sites for hydroxylation is 1. The molecule has 2 N–H and O–H groups in total. The van der Waals surface area contributed by atoms with E-state index in [1.54, 1.807) is 7.11 Å². The van der Waals surface area contributed by atoms with E-state index in [9.17, 15) is 0 Å². The lowest BCUT2D eigenvalue weighted by Gasteiger charge is -2.10. The van der Waals surface area contributed by atoms with Crippen LogP contribution in [0.2, 0.25) is 0 Å². The van der Waals surface area contributed by atoms with E-state index in [1.165, 1.54) is 0 Å². The lowest BCUT2D eigenvalue weighted by molar-refractivity contribution is 0.0992. The first kappa shape index (κ1) is 12.8. The average Bonchev–Trinajstić information content (AvgIpc) is 2.30. The molecule has 0 saturated carbocycles. The van der Waals surface area contributed by atoms with E-state index in [0.29, 0.717) is 13.2 Å². The Morgan fingerprint density at radius 3 is 2.75 bits per heavy atom. The van der Waals surface area contributed by atoms with Gasteiger partial charge in [-0.25, -0.2) is 0 Å². The molecule has 4 nitrogen and oxygen atoms in total. The number of ether oxygens (including phenoxy) is 2. The van der Waals surface area contributed by atoms with Crippen molar-refractivity contribution in [2.24, 2.45) is 0 Å². The molecule has 1 rings (SSSR count). The van der Waals surface area contributed by atoms with Gasteiger partial charge in [0.1, 0.15) is 5.75 Å². The van der Waals surface area contributed by atoms with Gasteiger partial charge in [-0.2, -0.15) is 0 Å². The van der Waals surface area contributed by atoms with Crippen molar-refractivity contribution >= 4 is 5.69 Å². The highest BCUT2D eigenvalue weighted by atomic mass is 16.5. The predicted molar refractivity (Wildman–Crippen MR) is 64.1 cm³/mol. The number of methoxy groups -OCH3 is 1. The van der Waals surface area contributed by atoms with E-state index in [2.05, 4.69) is 5.32 Å². The molecule has 0 aromatic heterocycles. The first-order valence-electron chi connectivity index (χ1n) is 5.35. The number of rotatable bonds is 7. The van der Waals surface area contributed by atoms with Crippen molar-refractivity contribution in [2.45, 2.75) is 6.92 Å². The topological polar surface area (TPSA) is 50.7 Å². The number of aliphatic hydroxyl groups is 1. The first-order chi connectivity index (χ1) is 7.77. The molecule has 4 heteroatoms. The molecular weight excluding hydrogens is 206 g/mol. The minimum absolute atomic E-state index is 0.0710. The van der Waals surface area contributed by atoms with Crippen molar-refractivity contribution in [1.82, 2.24) is 0 Å². The van der Waals surface area contributed by atoms with Crippen LogP contribution in [0.1, 0.15) is 5.56 Å². The largest absolute Gasteiger partial charge is 0.497 e. The number of benzene rings is 1. The summed E-state index contributed by atoms with van der Waals surface area (Å²) >= 11 is 0. The van der Waals surface area contributed by atoms with Crippen LogP contribution in [0.5, 0.6) is 5.75 Å². The highest BCUT2D eigenvalue weighted by molar-refractivity contribution is 5.53. The Morgan fingerprint density at radius 1 is 1.31 bits per heavy atom. The molecule has 1 aromatic carbocycles. The minimum atomic E-state index is 0.0710. The molecule has 0 saturated heterocycles. The second-order valence-corrected chi connectivity index (χ2v) is 3.44. The third-order valence-corrected chi connectivity index (χ3v) is 2.23. The van der Waals surface area contributed by atoms with Crippen LogP contribution in [-0.4, -0.2) is 38.6 Å². The Labute approximate surface area is 96.2 Å². The third kappa shape index (κ3) is 4.08. The van der Waals surface area contributed by atoms with E-state index in [0.717, 1.165) is 23.5 Å². The summed E-state index contributed by atoms with van der Waals surface area (Å²) in [5.41, 5.74) is 2.22. The molecule has 16 heavy (non-hydrogen) atoms. The van der Waals surface area contributed by atoms with Gasteiger partial charge in [-0.1, -0.05) is 0 Å². The van der Waals surface area contributed by atoms with Gasteiger partial charge in [-0.3, -0.25) is 0 Å². The SMILES string of the molecule is COc1ccc(NCCOCCO)c(C)c1. The molecule has 0 atom stereocenters. The standard InChI is InChI=1S/C12H19NO3/c1-10-9-11(15-2)3-4-12(10)13-5-7-16-8-6-14/h3-4,9,13-14H,5-8H2,1-2H3. The molecule has 0 spiro atoms. The molecule has 0 aliphatic heterocycles. The maximum Gasteiger partial charge on any atom is 0.119 e. The molecular formula is C12H19NO3. The number of hydrogen-bond acceptors (Lipinski definition) is 4. The molecule has 0 aliphatic rings. The molecule has 0 radical (unpaired) electrons. The van der Waals surface area contributed by atoms with Gasteiger partial charge in [0, 0.05) is 12.2 Å². The van der Waals surface area contributed by atoms with Gasteiger partial charge in [0.25, 0.3) is 0 Å². The van der Waals surface area contributed by atoms with Gasteiger partial charge in [-0.05, 0) is 30.7 Å². The van der Waals surface area contributed by atoms with Crippen LogP contribution in [0.25, 0.3) is 0 Å². The van der Waals surface area contributed by atoms with Gasteiger partial charge in [-0.15, -0.1) is 0 Å². The lowest BCUT2D eigenvalue weighted by Crippen LogP contribution is -2.11. The minimum Gasteiger partial charge on any atom is -0.497 e. The van der Waals surface area contributed by atoms with Crippen LogP contribution < -0.4 is 10.1 Å². The molecule has 0 aliphatic carbocycles. The van der Waals surface area contributed by atoms with Gasteiger partial charge < -0.3 is 19.9 Å². The summed E-state index contributed by atoms with van der Waals surface area (Å²) in [5.74, 6) is 0.861. The highest BCUT2D eigenvalue weighted by Crippen LogP contribution is 2.20. The number of aliphatic hydroxyl groups excluding tert-OH is 1. The van der Waals surface area contributed by atoms with Crippen molar-refractivity contribution in [3.8, 4) is 5.75 Å². The van der Waals surface area contributed by atoms with Crippen LogP contribution in [0, 0.1) is 6.92 Å². The summed E-state index contributed by atoms with van der Waals surface area (Å²) in [6.45, 7) is 3.81. The number of hydrogen-bond donors (Lipinski definition) is 2. The predicted octanol–water partition coefficient (Wildman–Crippen LogP) is 1.42. The molecule has 0 bridgehead atoms. The van der Waals surface area contributed by atoms with Crippen LogP contribution in [0.15, 0.2) is 18.2 Å². The summed E-state index contributed by atoms with van der Waals surface area (Å²) in [6, 6.07) is 5.89. The van der Waals surface area contributed by atoms with Gasteiger partial charge in [0.15, 0.2) is 0 Å². The Bertz CT molecular complexity index is 315. The summed E-state index contributed by atoms with van der Waals surface area (Å²) in [4.78, 5) is 0. The van der Waals surface area contributed by atoms with Crippen molar-refractivity contribution in [1.29, 1.82) is 0 Å². The van der Waals surface area contributed by atoms with Crippen molar-refractivity contribution in [3.05, 3.63) is 23.8 Å². The maximum absolute atomic E-state index is 8.53. The van der Waals surface area contributed by atoms with Gasteiger partial charge in [0.05, 0.1) is 26.9 Å². The quantitative estimate of drug-likeness (QED) is 0.689. The molecule has 0 unspecified atom stereocenters. The van der Waals surface area contributed by atoms with E-state index in [4.69, 9.17) is 14.6 Å². The molecule has 0 fully saturated rings. The van der Waals surface area contributed by atoms with Crippen LogP contribution in [0.4, 0.5) is 5.69 Å². The zero-order valence-electron chi connectivity index (χ0n) is 9.82. The van der Waals surface area contributed by atoms with Crippen LogP contribution in [0.3, 0.4) is 0 Å². The fourth-order valence-corrected chi connectivity index (χ4v) is 1.39. The third-order valence-electron chi connectivity index (χ3n) is 2.23. The van der Waals surface area contributed by atoms with Gasteiger partial charge >= 0.3 is 0 Å². The lowest BCUT2D eigenvalue weighted by atomic mass is 10.2. The number of anilines is 1. The van der Waals surface area contributed by atoms with Crippen LogP contribution in [-0.2, 0) is 4.74 Å². The zero-order chi connectivity index (χ0) is 11.8. The monoisotopic (exact) mass is 225 g/mol. The summed E-state index contributed by atoms with van der Waals surface area (Å²) < 4.78 is 10.3. The second-order valence-electron chi connectivity index (χ2n) is 3.44. The normalized spacial score (nSPS) is 10.2. The Kier molecular flexibility index (Phi) is 5.67. The zero-order valence-corrected chi connectivity index (χ0v) is 9.82. The van der Waals surface area contributed by atoms with E-state index < -0.39 is 0 Å². The second kappa shape index (κ2) is 7.09. The molecule has 0 amide bonds. The Balaban J connectivity index is 2.36. The summed E-state index contributed by atoms with van der Waals surface area (Å²) in [7, 11) is 1.66. The summed E-state index contributed by atoms with van der Waals surface area (Å²) in [6.07, 6.45) is 0. The van der Waals surface area contributed by atoms with Gasteiger partial charge in [0.2, 0.25) is 0 Å². The molecule has 90 valence electrons. The van der Waals surface area contributed by atoms with Crippen molar-refractivity contribution in [2.75, 3.05) is 38.8 Å². The van der Waals surface area contributed by atoms with Crippen molar-refractivity contribution in [3.63, 3.8) is 0 Å².